The van der Waals surface area contributed by atoms with E-state index in [4.69, 9.17) is 11.6 Å². The zero-order chi connectivity index (χ0) is 16.2. The van der Waals surface area contributed by atoms with Gasteiger partial charge >= 0.3 is 0 Å². The lowest BCUT2D eigenvalue weighted by atomic mass is 9.97. The highest BCUT2D eigenvalue weighted by molar-refractivity contribution is 7.13. The van der Waals surface area contributed by atoms with Crippen LogP contribution in [0.5, 0.6) is 0 Å². The van der Waals surface area contributed by atoms with Crippen LogP contribution in [-0.4, -0.2) is 42.5 Å². The Labute approximate surface area is 145 Å². The first-order valence-corrected chi connectivity index (χ1v) is 9.08. The topological polar surface area (TPSA) is 45.2 Å². The van der Waals surface area contributed by atoms with Crippen LogP contribution in [-0.2, 0) is 0 Å². The largest absolute Gasteiger partial charge is 0.337 e. The average molecular weight is 350 g/mol. The minimum atomic E-state index is 0.0457. The van der Waals surface area contributed by atoms with Crippen molar-refractivity contribution >= 4 is 28.8 Å². The second kappa shape index (κ2) is 7.43. The molecule has 0 atom stereocenters. The molecular weight excluding hydrogens is 330 g/mol. The highest BCUT2D eigenvalue weighted by Crippen LogP contribution is 2.26. The van der Waals surface area contributed by atoms with Gasteiger partial charge in [-0.2, -0.15) is 0 Å². The summed E-state index contributed by atoms with van der Waals surface area (Å²) < 4.78 is 0. The van der Waals surface area contributed by atoms with Gasteiger partial charge < -0.3 is 10.2 Å². The fraction of sp³-hybridized carbons (Fsp3) is 0.412. The fourth-order valence-electron chi connectivity index (χ4n) is 2.89. The van der Waals surface area contributed by atoms with Gasteiger partial charge in [0.05, 0.1) is 0 Å². The van der Waals surface area contributed by atoms with Gasteiger partial charge in [0, 0.05) is 29.1 Å². The molecule has 3 rings (SSSR count). The Balaban J connectivity index is 1.66. The van der Waals surface area contributed by atoms with E-state index in [2.05, 4.69) is 10.3 Å². The number of thiazole rings is 1. The molecule has 122 valence electrons. The summed E-state index contributed by atoms with van der Waals surface area (Å²) in [6.45, 7) is 2.66. The molecule has 2 aromatic rings. The third kappa shape index (κ3) is 3.91. The molecule has 0 radical (unpaired) electrons. The summed E-state index contributed by atoms with van der Waals surface area (Å²) in [4.78, 5) is 19.0. The Morgan fingerprint density at radius 1 is 1.35 bits per heavy atom. The number of likely N-dealkylation sites (tertiary alicyclic amines) is 1. The van der Waals surface area contributed by atoms with E-state index in [9.17, 15) is 4.79 Å². The van der Waals surface area contributed by atoms with Crippen molar-refractivity contribution in [2.24, 2.45) is 5.92 Å². The maximum absolute atomic E-state index is 12.6. The third-order valence-corrected chi connectivity index (χ3v) is 5.35. The van der Waals surface area contributed by atoms with Gasteiger partial charge in [0.2, 0.25) is 0 Å². The van der Waals surface area contributed by atoms with Crippen LogP contribution in [0.2, 0.25) is 5.02 Å². The molecule has 0 unspecified atom stereocenters. The van der Waals surface area contributed by atoms with Crippen LogP contribution in [0.15, 0.2) is 29.6 Å². The number of benzene rings is 1. The summed E-state index contributed by atoms with van der Waals surface area (Å²) in [6, 6.07) is 7.54. The van der Waals surface area contributed by atoms with E-state index in [1.165, 1.54) is 11.3 Å². The normalized spacial score (nSPS) is 15.8. The summed E-state index contributed by atoms with van der Waals surface area (Å²) in [5.74, 6) is 0.716. The van der Waals surface area contributed by atoms with Crippen molar-refractivity contribution in [1.29, 1.82) is 0 Å². The summed E-state index contributed by atoms with van der Waals surface area (Å²) in [6.07, 6.45) is 2.11. The number of nitrogens with zero attached hydrogens (tertiary/aromatic N) is 2. The van der Waals surface area contributed by atoms with Crippen LogP contribution in [0.25, 0.3) is 10.6 Å². The van der Waals surface area contributed by atoms with Gasteiger partial charge in [0.15, 0.2) is 0 Å². The Kier molecular flexibility index (Phi) is 5.30. The van der Waals surface area contributed by atoms with E-state index in [-0.39, 0.29) is 5.91 Å². The van der Waals surface area contributed by atoms with Gasteiger partial charge in [-0.1, -0.05) is 23.7 Å². The minimum Gasteiger partial charge on any atom is -0.337 e. The van der Waals surface area contributed by atoms with Crippen LogP contribution in [0.3, 0.4) is 0 Å². The predicted octanol–water partition coefficient (Wildman–Crippen LogP) is 3.54. The molecule has 1 amide bonds. The molecular formula is C17H20ClN3OS. The van der Waals surface area contributed by atoms with Crippen molar-refractivity contribution in [1.82, 2.24) is 15.2 Å². The van der Waals surface area contributed by atoms with E-state index in [0.29, 0.717) is 16.6 Å². The van der Waals surface area contributed by atoms with Gasteiger partial charge in [-0.05, 0) is 44.5 Å². The number of rotatable bonds is 4. The first kappa shape index (κ1) is 16.4. The molecule has 4 nitrogen and oxygen atoms in total. The molecule has 0 spiro atoms. The lowest BCUT2D eigenvalue weighted by Gasteiger charge is -2.31. The fourth-order valence-corrected chi connectivity index (χ4v) is 3.81. The van der Waals surface area contributed by atoms with E-state index >= 15 is 0 Å². The summed E-state index contributed by atoms with van der Waals surface area (Å²) in [7, 11) is 1.98. The van der Waals surface area contributed by atoms with Crippen molar-refractivity contribution in [2.75, 3.05) is 26.7 Å². The maximum Gasteiger partial charge on any atom is 0.273 e. The molecule has 6 heteroatoms. The third-order valence-electron chi connectivity index (χ3n) is 4.21. The number of hydrogen-bond acceptors (Lipinski definition) is 4. The minimum absolute atomic E-state index is 0.0457. The summed E-state index contributed by atoms with van der Waals surface area (Å²) >= 11 is 7.41. The zero-order valence-electron chi connectivity index (χ0n) is 13.1. The zero-order valence-corrected chi connectivity index (χ0v) is 14.7. The van der Waals surface area contributed by atoms with Gasteiger partial charge in [-0.25, -0.2) is 4.98 Å². The number of amides is 1. The molecule has 1 aromatic carbocycles. The predicted molar refractivity (Wildman–Crippen MR) is 95.1 cm³/mol. The van der Waals surface area contributed by atoms with Gasteiger partial charge in [-0.3, -0.25) is 4.79 Å². The lowest BCUT2D eigenvalue weighted by Crippen LogP contribution is -2.40. The van der Waals surface area contributed by atoms with Gasteiger partial charge in [0.1, 0.15) is 10.7 Å². The van der Waals surface area contributed by atoms with Gasteiger partial charge in [0.25, 0.3) is 5.91 Å². The number of halogens is 1. The molecule has 23 heavy (non-hydrogen) atoms. The Bertz CT molecular complexity index is 663. The average Bonchev–Trinajstić information content (AvgIpc) is 3.06. The first-order chi connectivity index (χ1) is 11.2. The number of carbonyl (C=O) groups is 1. The molecule has 1 fully saturated rings. The van der Waals surface area contributed by atoms with Crippen LogP contribution in [0.1, 0.15) is 23.3 Å². The van der Waals surface area contributed by atoms with E-state index in [1.54, 1.807) is 0 Å². The Morgan fingerprint density at radius 3 is 2.70 bits per heavy atom. The monoisotopic (exact) mass is 349 g/mol. The van der Waals surface area contributed by atoms with Crippen LogP contribution in [0, 0.1) is 5.92 Å². The molecule has 1 aliphatic rings. The summed E-state index contributed by atoms with van der Waals surface area (Å²) in [5.41, 5.74) is 1.54. The highest BCUT2D eigenvalue weighted by atomic mass is 35.5. The number of carbonyl (C=O) groups excluding carboxylic acids is 1. The number of hydrogen-bond donors (Lipinski definition) is 1. The number of piperidine rings is 1. The molecule has 0 saturated carbocycles. The van der Waals surface area contributed by atoms with Gasteiger partial charge in [-0.15, -0.1) is 11.3 Å². The second-order valence-corrected chi connectivity index (χ2v) is 7.13. The van der Waals surface area contributed by atoms with Crippen molar-refractivity contribution < 1.29 is 4.79 Å². The number of nitrogens with one attached hydrogen (secondary N) is 1. The molecule has 1 N–H and O–H groups in total. The molecule has 2 heterocycles. The Hall–Kier alpha value is -1.43. The second-order valence-electron chi connectivity index (χ2n) is 5.84. The standard InChI is InChI=1S/C17H20ClN3OS/c1-19-10-12-6-8-21(9-7-12)17(22)15-11-23-16(20-15)13-2-4-14(18)5-3-13/h2-5,11-12,19H,6-10H2,1H3. The molecule has 1 saturated heterocycles. The molecule has 0 aliphatic carbocycles. The smallest absolute Gasteiger partial charge is 0.273 e. The van der Waals surface area contributed by atoms with Crippen LogP contribution < -0.4 is 5.32 Å². The van der Waals surface area contributed by atoms with Crippen molar-refractivity contribution in [2.45, 2.75) is 12.8 Å². The van der Waals surface area contributed by atoms with Crippen LogP contribution in [0.4, 0.5) is 0 Å². The Morgan fingerprint density at radius 2 is 2.04 bits per heavy atom. The SMILES string of the molecule is CNCC1CCN(C(=O)c2csc(-c3ccc(Cl)cc3)n2)CC1. The molecule has 1 aliphatic heterocycles. The lowest BCUT2D eigenvalue weighted by molar-refractivity contribution is 0.0686. The van der Waals surface area contributed by atoms with Crippen molar-refractivity contribution in [3.8, 4) is 10.6 Å². The van der Waals surface area contributed by atoms with Crippen LogP contribution >= 0.6 is 22.9 Å². The van der Waals surface area contributed by atoms with Crippen molar-refractivity contribution in [3.63, 3.8) is 0 Å². The first-order valence-electron chi connectivity index (χ1n) is 7.82. The van der Waals surface area contributed by atoms with Crippen molar-refractivity contribution in [3.05, 3.63) is 40.4 Å². The van der Waals surface area contributed by atoms with E-state index < -0.39 is 0 Å². The molecule has 1 aromatic heterocycles. The summed E-state index contributed by atoms with van der Waals surface area (Å²) in [5, 5.41) is 6.62. The van der Waals surface area contributed by atoms with E-state index in [0.717, 1.165) is 43.0 Å². The highest BCUT2D eigenvalue weighted by Gasteiger charge is 2.24. The van der Waals surface area contributed by atoms with E-state index in [1.807, 2.05) is 41.6 Å². The maximum atomic E-state index is 12.6. The number of aromatic nitrogens is 1. The molecule has 0 bridgehead atoms. The quantitative estimate of drug-likeness (QED) is 0.918.